The number of methoxy groups -OCH3 is 3. The molecule has 0 unspecified atom stereocenters. The van der Waals surface area contributed by atoms with Gasteiger partial charge in [0, 0.05) is 26.4 Å². The van der Waals surface area contributed by atoms with Gasteiger partial charge in [0.2, 0.25) is 0 Å². The van der Waals surface area contributed by atoms with Crippen molar-refractivity contribution in [1.82, 2.24) is 10.3 Å². The van der Waals surface area contributed by atoms with E-state index in [0.29, 0.717) is 49.0 Å². The van der Waals surface area contributed by atoms with Gasteiger partial charge in [-0.3, -0.25) is 4.79 Å². The second kappa shape index (κ2) is 10.2. The van der Waals surface area contributed by atoms with E-state index in [0.717, 1.165) is 5.56 Å². The van der Waals surface area contributed by atoms with Crippen molar-refractivity contribution in [2.45, 2.75) is 6.42 Å². The highest BCUT2D eigenvalue weighted by molar-refractivity contribution is 5.94. The molecule has 26 heavy (non-hydrogen) atoms. The highest BCUT2D eigenvalue weighted by atomic mass is 16.5. The molecule has 7 heteroatoms. The van der Waals surface area contributed by atoms with E-state index in [9.17, 15) is 4.79 Å². The molecule has 1 aromatic heterocycles. The zero-order chi connectivity index (χ0) is 18.8. The van der Waals surface area contributed by atoms with Gasteiger partial charge >= 0.3 is 0 Å². The van der Waals surface area contributed by atoms with Gasteiger partial charge in [0.1, 0.15) is 5.82 Å². The Bertz CT molecular complexity index is 704. The Morgan fingerprint density at radius 1 is 1.04 bits per heavy atom. The van der Waals surface area contributed by atoms with Crippen LogP contribution in [0.3, 0.4) is 0 Å². The lowest BCUT2D eigenvalue weighted by Gasteiger charge is -2.10. The van der Waals surface area contributed by atoms with Crippen LogP contribution in [0.1, 0.15) is 15.9 Å². The number of amides is 1. The van der Waals surface area contributed by atoms with Gasteiger partial charge in [-0.15, -0.1) is 0 Å². The van der Waals surface area contributed by atoms with Crippen molar-refractivity contribution in [3.8, 4) is 11.5 Å². The van der Waals surface area contributed by atoms with E-state index in [-0.39, 0.29) is 5.91 Å². The number of benzene rings is 1. The molecule has 0 spiro atoms. The van der Waals surface area contributed by atoms with Crippen LogP contribution in [-0.4, -0.2) is 51.9 Å². The fourth-order valence-electron chi connectivity index (χ4n) is 2.37. The second-order valence-electron chi connectivity index (χ2n) is 5.55. The van der Waals surface area contributed by atoms with Gasteiger partial charge in [0.05, 0.1) is 26.4 Å². The first-order valence-electron chi connectivity index (χ1n) is 8.36. The highest BCUT2D eigenvalue weighted by Gasteiger charge is 2.07. The molecule has 0 saturated carbocycles. The molecule has 7 nitrogen and oxygen atoms in total. The summed E-state index contributed by atoms with van der Waals surface area (Å²) in [7, 11) is 4.85. The van der Waals surface area contributed by atoms with Gasteiger partial charge in [-0.1, -0.05) is 6.07 Å². The Balaban J connectivity index is 1.83. The number of carbonyl (C=O) groups excluding carboxylic acids is 1. The predicted octanol–water partition coefficient (Wildman–Crippen LogP) is 2.13. The van der Waals surface area contributed by atoms with Crippen molar-refractivity contribution in [2.24, 2.45) is 0 Å². The van der Waals surface area contributed by atoms with Crippen LogP contribution in [0.25, 0.3) is 0 Å². The highest BCUT2D eigenvalue weighted by Crippen LogP contribution is 2.27. The Labute approximate surface area is 153 Å². The molecule has 0 radical (unpaired) electrons. The molecule has 2 aromatic rings. The van der Waals surface area contributed by atoms with Crippen molar-refractivity contribution in [2.75, 3.05) is 46.3 Å². The smallest absolute Gasteiger partial charge is 0.252 e. The molecule has 2 rings (SSSR count). The molecule has 0 aliphatic carbocycles. The largest absolute Gasteiger partial charge is 0.493 e. The Morgan fingerprint density at radius 2 is 1.85 bits per heavy atom. The number of aromatic nitrogens is 1. The number of anilines is 1. The molecule has 2 N–H and O–H groups in total. The lowest BCUT2D eigenvalue weighted by atomic mass is 10.1. The minimum atomic E-state index is -0.151. The second-order valence-corrected chi connectivity index (χ2v) is 5.55. The number of nitrogens with one attached hydrogen (secondary N) is 2. The molecule has 1 amide bonds. The lowest BCUT2D eigenvalue weighted by Crippen LogP contribution is -2.25. The van der Waals surface area contributed by atoms with E-state index >= 15 is 0 Å². The third kappa shape index (κ3) is 5.63. The van der Waals surface area contributed by atoms with Gasteiger partial charge in [-0.25, -0.2) is 4.98 Å². The molecule has 1 heterocycles. The number of nitrogens with zero attached hydrogens (tertiary/aromatic N) is 1. The molecule has 0 saturated heterocycles. The van der Waals surface area contributed by atoms with Crippen LogP contribution in [0.5, 0.6) is 11.5 Å². The third-order valence-electron chi connectivity index (χ3n) is 3.79. The Morgan fingerprint density at radius 3 is 2.50 bits per heavy atom. The Hall–Kier alpha value is -2.80. The van der Waals surface area contributed by atoms with Gasteiger partial charge in [-0.05, 0) is 36.2 Å². The Kier molecular flexibility index (Phi) is 7.70. The summed E-state index contributed by atoms with van der Waals surface area (Å²) in [6.45, 7) is 1.78. The zero-order valence-electron chi connectivity index (χ0n) is 15.4. The first-order valence-corrected chi connectivity index (χ1v) is 8.36. The number of ether oxygens (including phenoxy) is 3. The van der Waals surface area contributed by atoms with Crippen molar-refractivity contribution < 1.29 is 19.0 Å². The molecule has 0 bridgehead atoms. The van der Waals surface area contributed by atoms with Crippen LogP contribution in [0.15, 0.2) is 36.5 Å². The molecule has 140 valence electrons. The van der Waals surface area contributed by atoms with E-state index in [1.54, 1.807) is 39.7 Å². The van der Waals surface area contributed by atoms with Gasteiger partial charge < -0.3 is 24.8 Å². The summed E-state index contributed by atoms with van der Waals surface area (Å²) in [6.07, 6.45) is 2.25. The molecule has 1 aromatic carbocycles. The SMILES string of the molecule is COCCNc1ccc(C(=O)NCCc2ccc(OC)c(OC)c2)cn1. The number of pyridine rings is 1. The topological polar surface area (TPSA) is 81.7 Å². The third-order valence-corrected chi connectivity index (χ3v) is 3.79. The monoisotopic (exact) mass is 359 g/mol. The summed E-state index contributed by atoms with van der Waals surface area (Å²) in [6, 6.07) is 9.24. The minimum absolute atomic E-state index is 0.151. The predicted molar refractivity (Wildman–Crippen MR) is 100 cm³/mol. The average Bonchev–Trinajstić information content (AvgIpc) is 2.68. The van der Waals surface area contributed by atoms with Crippen LogP contribution in [-0.2, 0) is 11.2 Å². The van der Waals surface area contributed by atoms with Crippen LogP contribution in [0.4, 0.5) is 5.82 Å². The van der Waals surface area contributed by atoms with E-state index in [1.165, 1.54) is 0 Å². The fraction of sp³-hybridized carbons (Fsp3) is 0.368. The summed E-state index contributed by atoms with van der Waals surface area (Å²) in [5, 5.41) is 6.00. The van der Waals surface area contributed by atoms with E-state index in [2.05, 4.69) is 15.6 Å². The number of hydrogen-bond acceptors (Lipinski definition) is 6. The maximum absolute atomic E-state index is 12.2. The lowest BCUT2D eigenvalue weighted by molar-refractivity contribution is 0.0954. The van der Waals surface area contributed by atoms with E-state index in [1.807, 2.05) is 18.2 Å². The van der Waals surface area contributed by atoms with Crippen molar-refractivity contribution >= 4 is 11.7 Å². The van der Waals surface area contributed by atoms with Crippen molar-refractivity contribution in [3.63, 3.8) is 0 Å². The summed E-state index contributed by atoms with van der Waals surface area (Å²) < 4.78 is 15.5. The average molecular weight is 359 g/mol. The number of carbonyl (C=O) groups is 1. The maximum Gasteiger partial charge on any atom is 0.252 e. The van der Waals surface area contributed by atoms with Crippen LogP contribution >= 0.6 is 0 Å². The van der Waals surface area contributed by atoms with Gasteiger partial charge in [-0.2, -0.15) is 0 Å². The van der Waals surface area contributed by atoms with Crippen LogP contribution < -0.4 is 20.1 Å². The van der Waals surface area contributed by atoms with Crippen molar-refractivity contribution in [3.05, 3.63) is 47.7 Å². The summed E-state index contributed by atoms with van der Waals surface area (Å²) in [5.74, 6) is 1.92. The van der Waals surface area contributed by atoms with E-state index < -0.39 is 0 Å². The first-order chi connectivity index (χ1) is 12.7. The van der Waals surface area contributed by atoms with Gasteiger partial charge in [0.15, 0.2) is 11.5 Å². The molecule has 0 aliphatic heterocycles. The maximum atomic E-state index is 12.2. The fourth-order valence-corrected chi connectivity index (χ4v) is 2.37. The number of hydrogen-bond donors (Lipinski definition) is 2. The molecule has 0 aliphatic rings. The summed E-state index contributed by atoms with van der Waals surface area (Å²) in [4.78, 5) is 16.4. The van der Waals surface area contributed by atoms with Crippen LogP contribution in [0.2, 0.25) is 0 Å². The molecule has 0 atom stereocenters. The van der Waals surface area contributed by atoms with Crippen molar-refractivity contribution in [1.29, 1.82) is 0 Å². The molecular weight excluding hydrogens is 334 g/mol. The first kappa shape index (κ1) is 19.5. The standard InChI is InChI=1S/C19H25N3O4/c1-24-11-10-20-18-7-5-15(13-22-18)19(23)21-9-8-14-4-6-16(25-2)17(12-14)26-3/h4-7,12-13H,8-11H2,1-3H3,(H,20,22)(H,21,23). The van der Waals surface area contributed by atoms with E-state index in [4.69, 9.17) is 14.2 Å². The quantitative estimate of drug-likeness (QED) is 0.633. The number of rotatable bonds is 10. The minimum Gasteiger partial charge on any atom is -0.493 e. The molecular formula is C19H25N3O4. The summed E-state index contributed by atoms with van der Waals surface area (Å²) in [5.41, 5.74) is 1.58. The van der Waals surface area contributed by atoms with Gasteiger partial charge in [0.25, 0.3) is 5.91 Å². The summed E-state index contributed by atoms with van der Waals surface area (Å²) >= 11 is 0. The van der Waals surface area contributed by atoms with Crippen LogP contribution in [0, 0.1) is 0 Å². The normalized spacial score (nSPS) is 10.3. The zero-order valence-corrected chi connectivity index (χ0v) is 15.4. The molecule has 0 fully saturated rings.